The highest BCUT2D eigenvalue weighted by Gasteiger charge is 2.08. The van der Waals surface area contributed by atoms with Crippen molar-refractivity contribution in [2.24, 2.45) is 5.92 Å². The Hall–Kier alpha value is -1.69. The van der Waals surface area contributed by atoms with Crippen LogP contribution in [0.5, 0.6) is 0 Å². The Balaban J connectivity index is 2.27. The molecule has 0 fully saturated rings. The lowest BCUT2D eigenvalue weighted by atomic mass is 10.2. The van der Waals surface area contributed by atoms with E-state index in [9.17, 15) is 9.59 Å². The molecule has 0 spiro atoms. The van der Waals surface area contributed by atoms with E-state index in [2.05, 4.69) is 20.6 Å². The van der Waals surface area contributed by atoms with E-state index in [1.54, 1.807) is 0 Å². The Morgan fingerprint density at radius 2 is 2.00 bits per heavy atom. The number of halogens is 1. The number of nitrogens with one attached hydrogen (secondary N) is 2. The Labute approximate surface area is 117 Å². The predicted molar refractivity (Wildman–Crippen MR) is 71.8 cm³/mol. The molecule has 0 saturated carbocycles. The lowest BCUT2D eigenvalue weighted by Gasteiger charge is -2.08. The van der Waals surface area contributed by atoms with Gasteiger partial charge in [-0.3, -0.25) is 9.59 Å². The molecule has 1 aromatic rings. The molecular formula is C12H17ClN4O2. The molecule has 0 aliphatic carbocycles. The Morgan fingerprint density at radius 3 is 2.58 bits per heavy atom. The fourth-order valence-corrected chi connectivity index (χ4v) is 1.31. The summed E-state index contributed by atoms with van der Waals surface area (Å²) in [4.78, 5) is 30.6. The predicted octanol–water partition coefficient (Wildman–Crippen LogP) is 1.02. The molecule has 0 saturated heterocycles. The second-order valence-corrected chi connectivity index (χ2v) is 4.82. The Kier molecular flexibility index (Phi) is 6.21. The van der Waals surface area contributed by atoms with Crippen LogP contribution < -0.4 is 10.6 Å². The highest BCUT2D eigenvalue weighted by Crippen LogP contribution is 2.00. The van der Waals surface area contributed by atoms with E-state index in [1.165, 1.54) is 12.4 Å². The summed E-state index contributed by atoms with van der Waals surface area (Å²) in [6, 6.07) is 0. The van der Waals surface area contributed by atoms with Crippen molar-refractivity contribution in [2.75, 3.05) is 13.1 Å². The first-order valence-corrected chi connectivity index (χ1v) is 6.39. The van der Waals surface area contributed by atoms with Gasteiger partial charge in [0.05, 0.1) is 12.4 Å². The standard InChI is InChI=1S/C12H17ClN4O2/c1-8(2)5-17-11(18)3-4-14-12(19)9-6-16-10(13)7-15-9/h6-8H,3-5H2,1-2H3,(H,14,19)(H,17,18). The number of hydrogen-bond acceptors (Lipinski definition) is 4. The maximum atomic E-state index is 11.6. The van der Waals surface area contributed by atoms with E-state index >= 15 is 0 Å². The first-order valence-electron chi connectivity index (χ1n) is 6.01. The van der Waals surface area contributed by atoms with Crippen LogP contribution in [-0.4, -0.2) is 34.9 Å². The Morgan fingerprint density at radius 1 is 1.26 bits per heavy atom. The van der Waals surface area contributed by atoms with Crippen LogP contribution in [0.2, 0.25) is 5.15 Å². The number of carbonyl (C=O) groups is 2. The monoisotopic (exact) mass is 284 g/mol. The minimum Gasteiger partial charge on any atom is -0.356 e. The van der Waals surface area contributed by atoms with Crippen LogP contribution in [-0.2, 0) is 4.79 Å². The molecule has 1 heterocycles. The van der Waals surface area contributed by atoms with Crippen molar-refractivity contribution >= 4 is 23.4 Å². The number of nitrogens with zero attached hydrogens (tertiary/aromatic N) is 2. The van der Waals surface area contributed by atoms with Crippen LogP contribution in [0.4, 0.5) is 0 Å². The van der Waals surface area contributed by atoms with Gasteiger partial charge in [-0.2, -0.15) is 0 Å². The van der Waals surface area contributed by atoms with Crippen LogP contribution in [0.3, 0.4) is 0 Å². The average molecular weight is 285 g/mol. The fourth-order valence-electron chi connectivity index (χ4n) is 1.22. The minimum atomic E-state index is -0.374. The van der Waals surface area contributed by atoms with E-state index in [0.717, 1.165) is 0 Å². The third-order valence-electron chi connectivity index (χ3n) is 2.20. The molecule has 1 rings (SSSR count). The largest absolute Gasteiger partial charge is 0.356 e. The van der Waals surface area contributed by atoms with Gasteiger partial charge in [0.25, 0.3) is 5.91 Å². The summed E-state index contributed by atoms with van der Waals surface area (Å²) < 4.78 is 0. The molecule has 2 amide bonds. The average Bonchev–Trinajstić information content (AvgIpc) is 2.37. The van der Waals surface area contributed by atoms with E-state index < -0.39 is 0 Å². The summed E-state index contributed by atoms with van der Waals surface area (Å²) in [5, 5.41) is 5.59. The molecule has 104 valence electrons. The van der Waals surface area contributed by atoms with Gasteiger partial charge in [0.1, 0.15) is 10.8 Å². The second-order valence-electron chi connectivity index (χ2n) is 4.43. The molecule has 0 atom stereocenters. The summed E-state index contributed by atoms with van der Waals surface area (Å²) in [5.74, 6) is -0.0556. The topological polar surface area (TPSA) is 84.0 Å². The molecule has 7 heteroatoms. The SMILES string of the molecule is CC(C)CNC(=O)CCNC(=O)c1cnc(Cl)cn1. The quantitative estimate of drug-likeness (QED) is 0.817. The molecule has 19 heavy (non-hydrogen) atoms. The van der Waals surface area contributed by atoms with E-state index in [1.807, 2.05) is 13.8 Å². The van der Waals surface area contributed by atoms with Gasteiger partial charge in [-0.25, -0.2) is 9.97 Å². The maximum absolute atomic E-state index is 11.6. The third-order valence-corrected chi connectivity index (χ3v) is 2.39. The van der Waals surface area contributed by atoms with Crippen molar-refractivity contribution < 1.29 is 9.59 Å². The lowest BCUT2D eigenvalue weighted by molar-refractivity contribution is -0.121. The number of carbonyl (C=O) groups excluding carboxylic acids is 2. The normalized spacial score (nSPS) is 10.3. The first-order chi connectivity index (χ1) is 8.99. The maximum Gasteiger partial charge on any atom is 0.271 e. The number of rotatable bonds is 6. The van der Waals surface area contributed by atoms with Gasteiger partial charge in [-0.15, -0.1) is 0 Å². The highest BCUT2D eigenvalue weighted by molar-refractivity contribution is 6.29. The molecule has 0 aliphatic heterocycles. The summed E-state index contributed by atoms with van der Waals surface area (Å²) in [6.07, 6.45) is 2.82. The van der Waals surface area contributed by atoms with Gasteiger partial charge in [0, 0.05) is 19.5 Å². The molecule has 0 aliphatic rings. The van der Waals surface area contributed by atoms with Gasteiger partial charge < -0.3 is 10.6 Å². The minimum absolute atomic E-state index is 0.0869. The number of aromatic nitrogens is 2. The van der Waals surface area contributed by atoms with Crippen molar-refractivity contribution in [3.05, 3.63) is 23.2 Å². The molecule has 2 N–H and O–H groups in total. The molecule has 0 unspecified atom stereocenters. The van der Waals surface area contributed by atoms with Crippen LogP contribution in [0.15, 0.2) is 12.4 Å². The van der Waals surface area contributed by atoms with Crippen molar-refractivity contribution in [1.29, 1.82) is 0 Å². The van der Waals surface area contributed by atoms with Gasteiger partial charge in [-0.1, -0.05) is 25.4 Å². The van der Waals surface area contributed by atoms with Crippen molar-refractivity contribution in [2.45, 2.75) is 20.3 Å². The third kappa shape index (κ3) is 6.15. The summed E-state index contributed by atoms with van der Waals surface area (Å²) in [5.41, 5.74) is 0.173. The highest BCUT2D eigenvalue weighted by atomic mass is 35.5. The van der Waals surface area contributed by atoms with Crippen molar-refractivity contribution in [1.82, 2.24) is 20.6 Å². The van der Waals surface area contributed by atoms with Crippen LogP contribution in [0, 0.1) is 5.92 Å². The van der Waals surface area contributed by atoms with Gasteiger partial charge >= 0.3 is 0 Å². The van der Waals surface area contributed by atoms with Crippen LogP contribution in [0.1, 0.15) is 30.8 Å². The van der Waals surface area contributed by atoms with Gasteiger partial charge in [0.15, 0.2) is 0 Å². The zero-order valence-electron chi connectivity index (χ0n) is 10.9. The molecule has 0 aromatic carbocycles. The summed E-state index contributed by atoms with van der Waals surface area (Å²) in [7, 11) is 0. The van der Waals surface area contributed by atoms with Crippen LogP contribution >= 0.6 is 11.6 Å². The van der Waals surface area contributed by atoms with E-state index in [-0.39, 0.29) is 35.6 Å². The van der Waals surface area contributed by atoms with Crippen molar-refractivity contribution in [3.8, 4) is 0 Å². The first kappa shape index (κ1) is 15.4. The van der Waals surface area contributed by atoms with E-state index in [4.69, 9.17) is 11.6 Å². The summed E-state index contributed by atoms with van der Waals surface area (Å²) >= 11 is 5.56. The Bertz CT molecular complexity index is 434. The smallest absolute Gasteiger partial charge is 0.271 e. The summed E-state index contributed by atoms with van der Waals surface area (Å²) in [6.45, 7) is 4.92. The van der Waals surface area contributed by atoms with Crippen molar-refractivity contribution in [3.63, 3.8) is 0 Å². The van der Waals surface area contributed by atoms with E-state index in [0.29, 0.717) is 12.5 Å². The molecule has 0 bridgehead atoms. The number of hydrogen-bond donors (Lipinski definition) is 2. The zero-order chi connectivity index (χ0) is 14.3. The molecule has 6 nitrogen and oxygen atoms in total. The second kappa shape index (κ2) is 7.68. The number of amides is 2. The zero-order valence-corrected chi connectivity index (χ0v) is 11.7. The molecular weight excluding hydrogens is 268 g/mol. The fraction of sp³-hybridized carbons (Fsp3) is 0.500. The molecule has 0 radical (unpaired) electrons. The molecule has 1 aromatic heterocycles. The van der Waals surface area contributed by atoms with Crippen LogP contribution in [0.25, 0.3) is 0 Å². The van der Waals surface area contributed by atoms with Gasteiger partial charge in [-0.05, 0) is 5.92 Å². The lowest BCUT2D eigenvalue weighted by Crippen LogP contribution is -2.32. The van der Waals surface area contributed by atoms with Gasteiger partial charge in [0.2, 0.25) is 5.91 Å².